The van der Waals surface area contributed by atoms with Gasteiger partial charge in [0.05, 0.1) is 30.5 Å². The minimum Gasteiger partial charge on any atom is -0.495 e. The Labute approximate surface area is 162 Å². The molecule has 0 aliphatic heterocycles. The van der Waals surface area contributed by atoms with Crippen molar-refractivity contribution in [3.63, 3.8) is 0 Å². The lowest BCUT2D eigenvalue weighted by molar-refractivity contribution is -0.119. The number of esters is 1. The highest BCUT2D eigenvalue weighted by atomic mass is 35.5. The third kappa shape index (κ3) is 5.27. The van der Waals surface area contributed by atoms with Crippen LogP contribution in [-0.2, 0) is 9.53 Å². The van der Waals surface area contributed by atoms with Crippen LogP contribution in [0.2, 0.25) is 5.02 Å². The number of halogens is 1. The van der Waals surface area contributed by atoms with Gasteiger partial charge in [-0.05, 0) is 18.2 Å². The summed E-state index contributed by atoms with van der Waals surface area (Å²) in [6.07, 6.45) is 0. The van der Waals surface area contributed by atoms with Crippen molar-refractivity contribution in [3.05, 3.63) is 47.0 Å². The summed E-state index contributed by atoms with van der Waals surface area (Å²) >= 11 is 6.03. The van der Waals surface area contributed by atoms with E-state index in [0.717, 1.165) is 5.69 Å². The van der Waals surface area contributed by atoms with Crippen molar-refractivity contribution in [2.75, 3.05) is 45.1 Å². The van der Waals surface area contributed by atoms with Gasteiger partial charge in [0.15, 0.2) is 6.61 Å². The normalized spacial score (nSPS) is 10.1. The lowest BCUT2D eigenvalue weighted by Gasteiger charge is -2.14. The van der Waals surface area contributed by atoms with Gasteiger partial charge in [0.25, 0.3) is 5.91 Å². The maximum Gasteiger partial charge on any atom is 0.338 e. The fourth-order valence-electron chi connectivity index (χ4n) is 2.27. The highest BCUT2D eigenvalue weighted by Gasteiger charge is 2.15. The van der Waals surface area contributed by atoms with Gasteiger partial charge in [0, 0.05) is 31.9 Å². The molecule has 1 amide bonds. The summed E-state index contributed by atoms with van der Waals surface area (Å²) in [4.78, 5) is 26.2. The summed E-state index contributed by atoms with van der Waals surface area (Å²) in [6, 6.07) is 9.98. The Kier molecular flexibility index (Phi) is 6.90. The molecule has 0 bridgehead atoms. The molecule has 0 unspecified atom stereocenters. The van der Waals surface area contributed by atoms with Gasteiger partial charge in [0.2, 0.25) is 0 Å². The molecule has 7 nitrogen and oxygen atoms in total. The summed E-state index contributed by atoms with van der Waals surface area (Å²) in [7, 11) is 6.64. The number of nitrogens with zero attached hydrogens (tertiary/aromatic N) is 1. The van der Waals surface area contributed by atoms with Crippen molar-refractivity contribution >= 4 is 34.9 Å². The molecule has 0 heterocycles. The quantitative estimate of drug-likeness (QED) is 0.729. The van der Waals surface area contributed by atoms with E-state index in [1.54, 1.807) is 18.2 Å². The molecule has 0 aromatic heterocycles. The van der Waals surface area contributed by atoms with E-state index in [2.05, 4.69) is 5.32 Å². The summed E-state index contributed by atoms with van der Waals surface area (Å²) in [5, 5.41) is 2.96. The summed E-state index contributed by atoms with van der Waals surface area (Å²) in [5.74, 6) is -0.367. The number of nitrogens with one attached hydrogen (secondary N) is 1. The Hall–Kier alpha value is -2.93. The average molecular weight is 393 g/mol. The predicted molar refractivity (Wildman–Crippen MR) is 104 cm³/mol. The Morgan fingerprint density at radius 3 is 2.41 bits per heavy atom. The molecule has 0 saturated heterocycles. The van der Waals surface area contributed by atoms with Crippen molar-refractivity contribution in [3.8, 4) is 11.5 Å². The molecule has 0 atom stereocenters. The number of carbonyl (C=O) groups excluding carboxylic acids is 2. The Morgan fingerprint density at radius 1 is 1.07 bits per heavy atom. The molecule has 1 N–H and O–H groups in total. The van der Waals surface area contributed by atoms with Crippen LogP contribution in [0.1, 0.15) is 10.4 Å². The largest absolute Gasteiger partial charge is 0.495 e. The van der Waals surface area contributed by atoms with Gasteiger partial charge in [-0.25, -0.2) is 4.79 Å². The third-order valence-corrected chi connectivity index (χ3v) is 3.98. The van der Waals surface area contributed by atoms with Gasteiger partial charge in [-0.1, -0.05) is 17.7 Å². The zero-order valence-corrected chi connectivity index (χ0v) is 16.3. The first-order valence-corrected chi connectivity index (χ1v) is 8.39. The highest BCUT2D eigenvalue weighted by Crippen LogP contribution is 2.35. The number of rotatable bonds is 7. The van der Waals surface area contributed by atoms with E-state index in [4.69, 9.17) is 25.8 Å². The molecule has 0 fully saturated rings. The predicted octanol–water partition coefficient (Wildman–Crippen LogP) is 3.22. The van der Waals surface area contributed by atoms with Crippen molar-refractivity contribution in [1.29, 1.82) is 0 Å². The van der Waals surface area contributed by atoms with E-state index in [-0.39, 0.29) is 0 Å². The lowest BCUT2D eigenvalue weighted by atomic mass is 10.2. The highest BCUT2D eigenvalue weighted by molar-refractivity contribution is 6.32. The van der Waals surface area contributed by atoms with Crippen molar-refractivity contribution in [2.24, 2.45) is 0 Å². The van der Waals surface area contributed by atoms with Crippen LogP contribution in [0.4, 0.5) is 11.4 Å². The minimum atomic E-state index is -0.588. The molecular formula is C19H21ClN2O5. The maximum absolute atomic E-state index is 12.2. The van der Waals surface area contributed by atoms with Gasteiger partial charge in [-0.15, -0.1) is 0 Å². The number of amides is 1. The molecule has 144 valence electrons. The van der Waals surface area contributed by atoms with Crippen molar-refractivity contribution in [1.82, 2.24) is 0 Å². The molecular weight excluding hydrogens is 372 g/mol. The molecule has 8 heteroatoms. The van der Waals surface area contributed by atoms with Gasteiger partial charge >= 0.3 is 5.97 Å². The molecule has 0 spiro atoms. The number of ether oxygens (including phenoxy) is 3. The topological polar surface area (TPSA) is 77.1 Å². The zero-order valence-electron chi connectivity index (χ0n) is 15.5. The SMILES string of the molecule is COc1cc(NC(=O)COC(=O)c2cccc(N(C)C)c2)c(OC)cc1Cl. The second kappa shape index (κ2) is 9.14. The van der Waals surface area contributed by atoms with Crippen LogP contribution in [0.5, 0.6) is 11.5 Å². The van der Waals surface area contributed by atoms with Crippen molar-refractivity contribution < 1.29 is 23.8 Å². The summed E-state index contributed by atoms with van der Waals surface area (Å²) < 4.78 is 15.4. The number of hydrogen-bond acceptors (Lipinski definition) is 6. The van der Waals surface area contributed by atoms with Gasteiger partial charge < -0.3 is 24.4 Å². The van der Waals surface area contributed by atoms with Gasteiger partial charge in [0.1, 0.15) is 11.5 Å². The number of methoxy groups -OCH3 is 2. The summed E-state index contributed by atoms with van der Waals surface area (Å²) in [5.41, 5.74) is 1.57. The molecule has 27 heavy (non-hydrogen) atoms. The molecule has 0 aliphatic carbocycles. The first-order valence-electron chi connectivity index (χ1n) is 8.01. The van der Waals surface area contributed by atoms with Crippen LogP contribution in [0, 0.1) is 0 Å². The molecule has 0 saturated carbocycles. The second-order valence-electron chi connectivity index (χ2n) is 5.76. The van der Waals surface area contributed by atoms with Gasteiger partial charge in [-0.3, -0.25) is 4.79 Å². The first-order chi connectivity index (χ1) is 12.8. The standard InChI is InChI=1S/C19H21ClN2O5/c1-22(2)13-7-5-6-12(8-13)19(24)27-11-18(23)21-15-10-16(25-3)14(20)9-17(15)26-4/h5-10H,11H2,1-4H3,(H,21,23). The monoisotopic (exact) mass is 392 g/mol. The molecule has 0 aliphatic rings. The van der Waals surface area contributed by atoms with E-state index in [1.165, 1.54) is 26.4 Å². The average Bonchev–Trinajstić information content (AvgIpc) is 2.67. The van der Waals surface area contributed by atoms with Crippen LogP contribution in [0.15, 0.2) is 36.4 Å². The van der Waals surface area contributed by atoms with E-state index in [1.807, 2.05) is 25.1 Å². The Morgan fingerprint density at radius 2 is 1.78 bits per heavy atom. The fraction of sp³-hybridized carbons (Fsp3) is 0.263. The Balaban J connectivity index is 2.02. The van der Waals surface area contributed by atoms with E-state index < -0.39 is 18.5 Å². The van der Waals surface area contributed by atoms with Crippen LogP contribution in [0.25, 0.3) is 0 Å². The third-order valence-electron chi connectivity index (χ3n) is 3.68. The van der Waals surface area contributed by atoms with Crippen molar-refractivity contribution in [2.45, 2.75) is 0 Å². The number of hydrogen-bond donors (Lipinski definition) is 1. The Bertz CT molecular complexity index is 839. The van der Waals surface area contributed by atoms with E-state index in [9.17, 15) is 9.59 Å². The minimum absolute atomic E-state index is 0.347. The fourth-order valence-corrected chi connectivity index (χ4v) is 2.50. The van der Waals surface area contributed by atoms with Crippen LogP contribution in [0.3, 0.4) is 0 Å². The van der Waals surface area contributed by atoms with Gasteiger partial charge in [-0.2, -0.15) is 0 Å². The second-order valence-corrected chi connectivity index (χ2v) is 6.16. The maximum atomic E-state index is 12.2. The summed E-state index contributed by atoms with van der Waals surface area (Å²) in [6.45, 7) is -0.445. The molecule has 2 aromatic carbocycles. The smallest absolute Gasteiger partial charge is 0.338 e. The number of carbonyl (C=O) groups is 2. The molecule has 2 rings (SSSR count). The van der Waals surface area contributed by atoms with E-state index in [0.29, 0.717) is 27.8 Å². The van der Waals surface area contributed by atoms with Crippen LogP contribution >= 0.6 is 11.6 Å². The van der Waals surface area contributed by atoms with Crippen LogP contribution in [-0.4, -0.2) is 46.8 Å². The van der Waals surface area contributed by atoms with Crippen LogP contribution < -0.4 is 19.7 Å². The molecule has 0 radical (unpaired) electrons. The zero-order chi connectivity index (χ0) is 20.0. The van der Waals surface area contributed by atoms with E-state index >= 15 is 0 Å². The lowest BCUT2D eigenvalue weighted by Crippen LogP contribution is -2.21. The number of anilines is 2. The first kappa shape index (κ1) is 20.4. The number of benzene rings is 2. The molecule has 2 aromatic rings.